The number of carbonyl (C=O) groups excluding carboxylic acids is 1. The number of benzene rings is 1. The molecule has 9 heteroatoms. The molecular weight excluding hydrogens is 386 g/mol. The molecule has 2 aromatic heterocycles. The fourth-order valence-corrected chi connectivity index (χ4v) is 3.16. The number of unbranched alkanes of at least 4 members (excludes halogenated alkanes) is 1. The molecule has 2 heterocycles. The van der Waals surface area contributed by atoms with Gasteiger partial charge in [-0.3, -0.25) is 9.36 Å². The zero-order valence-corrected chi connectivity index (χ0v) is 17.7. The highest BCUT2D eigenvalue weighted by Crippen LogP contribution is 2.26. The smallest absolute Gasteiger partial charge is 0.328 e. The maximum absolute atomic E-state index is 12.6. The Labute approximate surface area is 174 Å². The van der Waals surface area contributed by atoms with Crippen LogP contribution in [0.4, 0.5) is 5.82 Å². The maximum atomic E-state index is 12.6. The Morgan fingerprint density at radius 3 is 2.77 bits per heavy atom. The minimum Gasteiger partial charge on any atom is -0.468 e. The van der Waals surface area contributed by atoms with Gasteiger partial charge < -0.3 is 20.2 Å². The summed E-state index contributed by atoms with van der Waals surface area (Å²) in [6.07, 6.45) is 1.84. The number of carbonyl (C=O) groups is 1. The predicted octanol–water partition coefficient (Wildman–Crippen LogP) is 2.38. The van der Waals surface area contributed by atoms with E-state index < -0.39 is 5.41 Å². The monoisotopic (exact) mass is 413 g/mol. The quantitative estimate of drug-likeness (QED) is 0.429. The van der Waals surface area contributed by atoms with E-state index in [1.165, 1.54) is 11.7 Å². The number of hydrogen-bond acceptors (Lipinski definition) is 7. The number of esters is 1. The SMILES string of the molecule is CCCCOc1nc(N)c2[nH]c(=O)n(Cc3cccc(C(C)(C)C(=O)OC)c3)c2n1. The Hall–Kier alpha value is -3.36. The first-order valence-electron chi connectivity index (χ1n) is 9.84. The fraction of sp³-hybridized carbons (Fsp3) is 0.429. The zero-order chi connectivity index (χ0) is 21.9. The summed E-state index contributed by atoms with van der Waals surface area (Å²) < 4.78 is 12.0. The molecule has 0 fully saturated rings. The standard InChI is InChI=1S/C21H27N5O4/c1-5-6-10-30-19-24-16(22)15-17(25-19)26(20(28)23-15)12-13-8-7-9-14(11-13)21(2,3)18(27)29-4/h7-9,11H,5-6,10,12H2,1-4H3,(H,23,28)(H2,22,24,25). The number of fused-ring (bicyclic) bond motifs is 1. The lowest BCUT2D eigenvalue weighted by atomic mass is 9.84. The second kappa shape index (κ2) is 8.56. The fourth-order valence-electron chi connectivity index (χ4n) is 3.16. The van der Waals surface area contributed by atoms with Gasteiger partial charge in [0.25, 0.3) is 0 Å². The third-order valence-corrected chi connectivity index (χ3v) is 5.04. The van der Waals surface area contributed by atoms with E-state index in [1.807, 2.05) is 24.3 Å². The van der Waals surface area contributed by atoms with Crippen LogP contribution in [0.25, 0.3) is 11.2 Å². The Balaban J connectivity index is 1.98. The van der Waals surface area contributed by atoms with Crippen LogP contribution in [0.1, 0.15) is 44.7 Å². The number of aromatic amines is 1. The van der Waals surface area contributed by atoms with Crippen LogP contribution in [0.15, 0.2) is 29.1 Å². The lowest BCUT2D eigenvalue weighted by molar-refractivity contribution is -0.146. The normalized spacial score (nSPS) is 11.6. The van der Waals surface area contributed by atoms with Crippen molar-refractivity contribution in [3.63, 3.8) is 0 Å². The number of imidazole rings is 1. The Morgan fingerprint density at radius 1 is 1.30 bits per heavy atom. The van der Waals surface area contributed by atoms with Crippen molar-refractivity contribution in [2.45, 2.75) is 45.6 Å². The number of methoxy groups -OCH3 is 1. The molecule has 3 aromatic rings. The topological polar surface area (TPSA) is 125 Å². The van der Waals surface area contributed by atoms with Gasteiger partial charge in [-0.2, -0.15) is 9.97 Å². The Kier molecular flexibility index (Phi) is 6.09. The molecule has 0 radical (unpaired) electrons. The van der Waals surface area contributed by atoms with Gasteiger partial charge in [-0.05, 0) is 31.4 Å². The molecule has 3 N–H and O–H groups in total. The number of nitrogens with one attached hydrogen (secondary N) is 1. The van der Waals surface area contributed by atoms with Gasteiger partial charge in [-0.15, -0.1) is 0 Å². The summed E-state index contributed by atoms with van der Waals surface area (Å²) in [6, 6.07) is 7.61. The molecular formula is C21H27N5O4. The molecule has 1 aromatic carbocycles. The van der Waals surface area contributed by atoms with Gasteiger partial charge in [-0.1, -0.05) is 37.6 Å². The predicted molar refractivity (Wildman–Crippen MR) is 114 cm³/mol. The van der Waals surface area contributed by atoms with Crippen molar-refractivity contribution >= 4 is 23.0 Å². The van der Waals surface area contributed by atoms with Gasteiger partial charge in [-0.25, -0.2) is 4.79 Å². The molecule has 0 aliphatic rings. The van der Waals surface area contributed by atoms with Crippen LogP contribution >= 0.6 is 0 Å². The maximum Gasteiger partial charge on any atom is 0.328 e. The molecule has 9 nitrogen and oxygen atoms in total. The summed E-state index contributed by atoms with van der Waals surface area (Å²) in [5, 5.41) is 0. The Morgan fingerprint density at radius 2 is 2.07 bits per heavy atom. The summed E-state index contributed by atoms with van der Waals surface area (Å²) >= 11 is 0. The van der Waals surface area contributed by atoms with Crippen LogP contribution in [0.3, 0.4) is 0 Å². The summed E-state index contributed by atoms with van der Waals surface area (Å²) in [7, 11) is 1.36. The number of nitrogens with zero attached hydrogens (tertiary/aromatic N) is 3. The lowest BCUT2D eigenvalue weighted by Crippen LogP contribution is -2.30. The van der Waals surface area contributed by atoms with Gasteiger partial charge >= 0.3 is 17.7 Å². The van der Waals surface area contributed by atoms with Crippen molar-refractivity contribution in [1.82, 2.24) is 19.5 Å². The molecule has 0 aliphatic carbocycles. The Bertz CT molecular complexity index is 1120. The molecule has 160 valence electrons. The van der Waals surface area contributed by atoms with Gasteiger partial charge in [0.15, 0.2) is 11.5 Å². The van der Waals surface area contributed by atoms with E-state index >= 15 is 0 Å². The highest BCUT2D eigenvalue weighted by Gasteiger charge is 2.31. The number of rotatable bonds is 8. The molecule has 30 heavy (non-hydrogen) atoms. The van der Waals surface area contributed by atoms with Crippen LogP contribution in [0.2, 0.25) is 0 Å². The zero-order valence-electron chi connectivity index (χ0n) is 17.7. The van der Waals surface area contributed by atoms with Crippen molar-refractivity contribution in [3.05, 3.63) is 45.9 Å². The summed E-state index contributed by atoms with van der Waals surface area (Å²) in [4.78, 5) is 35.9. The molecule has 0 saturated heterocycles. The molecule has 0 bridgehead atoms. The van der Waals surface area contributed by atoms with Crippen LogP contribution in [-0.4, -0.2) is 39.2 Å². The van der Waals surface area contributed by atoms with Crippen LogP contribution in [-0.2, 0) is 21.5 Å². The summed E-state index contributed by atoms with van der Waals surface area (Å²) in [5.74, 6) is -0.179. The number of nitrogen functional groups attached to an aromatic ring is 1. The first-order chi connectivity index (χ1) is 14.3. The third-order valence-electron chi connectivity index (χ3n) is 5.04. The largest absolute Gasteiger partial charge is 0.468 e. The van der Waals surface area contributed by atoms with Gasteiger partial charge in [0.1, 0.15) is 5.52 Å². The first kappa shape index (κ1) is 21.4. The minimum absolute atomic E-state index is 0.141. The molecule has 0 unspecified atom stereocenters. The average molecular weight is 413 g/mol. The van der Waals surface area contributed by atoms with E-state index in [4.69, 9.17) is 15.2 Å². The molecule has 3 rings (SSSR count). The molecule has 0 atom stereocenters. The highest BCUT2D eigenvalue weighted by molar-refractivity contribution is 5.82. The van der Waals surface area contributed by atoms with E-state index in [1.54, 1.807) is 13.8 Å². The number of anilines is 1. The van der Waals surface area contributed by atoms with E-state index in [2.05, 4.69) is 21.9 Å². The van der Waals surface area contributed by atoms with Gasteiger partial charge in [0, 0.05) is 0 Å². The summed E-state index contributed by atoms with van der Waals surface area (Å²) in [6.45, 7) is 6.37. The second-order valence-electron chi connectivity index (χ2n) is 7.63. The van der Waals surface area contributed by atoms with Crippen molar-refractivity contribution in [3.8, 4) is 6.01 Å². The van der Waals surface area contributed by atoms with Crippen molar-refractivity contribution in [2.75, 3.05) is 19.5 Å². The highest BCUT2D eigenvalue weighted by atomic mass is 16.5. The third kappa shape index (κ3) is 4.14. The molecule has 0 amide bonds. The summed E-state index contributed by atoms with van der Waals surface area (Å²) in [5.41, 5.74) is 7.19. The molecule has 0 aliphatic heterocycles. The first-order valence-corrected chi connectivity index (χ1v) is 9.84. The lowest BCUT2D eigenvalue weighted by Gasteiger charge is -2.22. The average Bonchev–Trinajstić information content (AvgIpc) is 3.04. The van der Waals surface area contributed by atoms with E-state index in [-0.39, 0.29) is 30.0 Å². The number of aromatic nitrogens is 4. The van der Waals surface area contributed by atoms with Gasteiger partial charge in [0.2, 0.25) is 0 Å². The molecule has 0 saturated carbocycles. The number of H-pyrrole nitrogens is 1. The van der Waals surface area contributed by atoms with Crippen LogP contribution in [0.5, 0.6) is 6.01 Å². The number of nitrogens with two attached hydrogens (primary N) is 1. The van der Waals surface area contributed by atoms with E-state index in [9.17, 15) is 9.59 Å². The second-order valence-corrected chi connectivity index (χ2v) is 7.63. The van der Waals surface area contributed by atoms with E-state index in [0.29, 0.717) is 17.8 Å². The van der Waals surface area contributed by atoms with E-state index in [0.717, 1.165) is 24.0 Å². The van der Waals surface area contributed by atoms with Crippen LogP contribution in [0, 0.1) is 0 Å². The minimum atomic E-state index is -0.817. The van der Waals surface area contributed by atoms with Gasteiger partial charge in [0.05, 0.1) is 25.7 Å². The number of ether oxygens (including phenoxy) is 2. The van der Waals surface area contributed by atoms with Crippen molar-refractivity contribution in [1.29, 1.82) is 0 Å². The van der Waals surface area contributed by atoms with Crippen LogP contribution < -0.4 is 16.2 Å². The van der Waals surface area contributed by atoms with Crippen molar-refractivity contribution in [2.24, 2.45) is 0 Å². The number of hydrogen-bond donors (Lipinski definition) is 2. The molecule has 0 spiro atoms. The van der Waals surface area contributed by atoms with Crippen molar-refractivity contribution < 1.29 is 14.3 Å².